The molecule has 7 nitrogen and oxygen atoms in total. The normalized spacial score (nSPS) is 15.5. The number of aromatic amines is 1. The number of hydrogen-bond donors (Lipinski definition) is 3. The summed E-state index contributed by atoms with van der Waals surface area (Å²) >= 11 is 0. The van der Waals surface area contributed by atoms with Crippen LogP contribution in [0.25, 0.3) is 10.9 Å². The molecule has 1 unspecified atom stereocenters. The maximum atomic E-state index is 11.8. The molecule has 2 aromatic rings. The van der Waals surface area contributed by atoms with Gasteiger partial charge in [0.2, 0.25) is 5.91 Å². The zero-order valence-corrected chi connectivity index (χ0v) is 12.1. The molecule has 116 valence electrons. The molecule has 0 bridgehead atoms. The second kappa shape index (κ2) is 5.67. The molecular formula is C15H17N3O4. The van der Waals surface area contributed by atoms with Gasteiger partial charge in [-0.1, -0.05) is 6.92 Å². The molecule has 0 saturated heterocycles. The SMILES string of the molecule is CCC(Oc1ccc2[nH]nc(NC(=O)C3CC3)c2c1)C(=O)O. The highest BCUT2D eigenvalue weighted by Gasteiger charge is 2.30. The summed E-state index contributed by atoms with van der Waals surface area (Å²) in [6, 6.07) is 5.12. The van der Waals surface area contributed by atoms with Gasteiger partial charge in [0.25, 0.3) is 0 Å². The molecular weight excluding hydrogens is 286 g/mol. The van der Waals surface area contributed by atoms with Crippen LogP contribution in [0.2, 0.25) is 0 Å². The van der Waals surface area contributed by atoms with Gasteiger partial charge in [-0.25, -0.2) is 4.79 Å². The van der Waals surface area contributed by atoms with E-state index in [1.165, 1.54) is 0 Å². The Labute approximate surface area is 126 Å². The van der Waals surface area contributed by atoms with Crippen molar-refractivity contribution in [3.05, 3.63) is 18.2 Å². The molecule has 0 radical (unpaired) electrons. The summed E-state index contributed by atoms with van der Waals surface area (Å²) in [5.74, 6) is -0.0674. The van der Waals surface area contributed by atoms with Gasteiger partial charge in [0.05, 0.1) is 5.52 Å². The first kappa shape index (κ1) is 14.4. The van der Waals surface area contributed by atoms with Gasteiger partial charge < -0.3 is 15.2 Å². The first-order valence-electron chi connectivity index (χ1n) is 7.27. The predicted octanol–water partition coefficient (Wildman–Crippen LogP) is 2.15. The Morgan fingerprint density at radius 3 is 2.91 bits per heavy atom. The van der Waals surface area contributed by atoms with Crippen molar-refractivity contribution in [2.45, 2.75) is 32.3 Å². The summed E-state index contributed by atoms with van der Waals surface area (Å²) in [4.78, 5) is 22.9. The third-order valence-corrected chi connectivity index (χ3v) is 3.65. The van der Waals surface area contributed by atoms with Gasteiger partial charge in [0.15, 0.2) is 11.9 Å². The summed E-state index contributed by atoms with van der Waals surface area (Å²) in [5.41, 5.74) is 0.752. The van der Waals surface area contributed by atoms with Crippen LogP contribution >= 0.6 is 0 Å². The number of hydrogen-bond acceptors (Lipinski definition) is 4. The number of ether oxygens (including phenoxy) is 1. The molecule has 1 aromatic carbocycles. The topological polar surface area (TPSA) is 104 Å². The highest BCUT2D eigenvalue weighted by molar-refractivity contribution is 6.01. The van der Waals surface area contributed by atoms with Crippen LogP contribution in [-0.4, -0.2) is 33.3 Å². The molecule has 1 aromatic heterocycles. The van der Waals surface area contributed by atoms with Gasteiger partial charge in [0, 0.05) is 11.3 Å². The number of aliphatic carboxylic acids is 1. The van der Waals surface area contributed by atoms with Crippen molar-refractivity contribution in [2.24, 2.45) is 5.92 Å². The van der Waals surface area contributed by atoms with Gasteiger partial charge in [-0.05, 0) is 37.5 Å². The lowest BCUT2D eigenvalue weighted by Gasteiger charge is -2.13. The monoisotopic (exact) mass is 303 g/mol. The van der Waals surface area contributed by atoms with Gasteiger partial charge in [-0.3, -0.25) is 9.89 Å². The molecule has 1 fully saturated rings. The fraction of sp³-hybridized carbons (Fsp3) is 0.400. The number of fused-ring (bicyclic) bond motifs is 1. The number of carbonyl (C=O) groups excluding carboxylic acids is 1. The Morgan fingerprint density at radius 1 is 1.50 bits per heavy atom. The zero-order valence-electron chi connectivity index (χ0n) is 12.1. The van der Waals surface area contributed by atoms with Crippen LogP contribution in [0.15, 0.2) is 18.2 Å². The van der Waals surface area contributed by atoms with E-state index in [0.29, 0.717) is 23.4 Å². The second-order valence-electron chi connectivity index (χ2n) is 5.40. The number of carboxylic acids is 1. The van der Waals surface area contributed by atoms with Crippen LogP contribution in [0.5, 0.6) is 5.75 Å². The fourth-order valence-electron chi connectivity index (χ4n) is 2.20. The first-order chi connectivity index (χ1) is 10.6. The summed E-state index contributed by atoms with van der Waals surface area (Å²) in [5, 5.41) is 19.5. The minimum Gasteiger partial charge on any atom is -0.479 e. The average Bonchev–Trinajstić information content (AvgIpc) is 3.28. The Hall–Kier alpha value is -2.57. The van der Waals surface area contributed by atoms with Crippen LogP contribution < -0.4 is 10.1 Å². The third-order valence-electron chi connectivity index (χ3n) is 3.65. The number of carboxylic acid groups (broad SMARTS) is 1. The number of amides is 1. The molecule has 1 heterocycles. The van der Waals surface area contributed by atoms with E-state index in [1.54, 1.807) is 25.1 Å². The summed E-state index contributed by atoms with van der Waals surface area (Å²) in [6.07, 6.45) is 1.30. The predicted molar refractivity (Wildman–Crippen MR) is 79.8 cm³/mol. The van der Waals surface area contributed by atoms with E-state index in [2.05, 4.69) is 15.5 Å². The molecule has 7 heteroatoms. The van der Waals surface area contributed by atoms with E-state index in [4.69, 9.17) is 9.84 Å². The number of anilines is 1. The second-order valence-corrected chi connectivity index (χ2v) is 5.40. The van der Waals surface area contributed by atoms with Gasteiger partial charge in [-0.2, -0.15) is 5.10 Å². The van der Waals surface area contributed by atoms with Crippen molar-refractivity contribution in [2.75, 3.05) is 5.32 Å². The Balaban J connectivity index is 1.84. The zero-order chi connectivity index (χ0) is 15.7. The number of benzene rings is 1. The third kappa shape index (κ3) is 2.88. The maximum absolute atomic E-state index is 11.8. The molecule has 1 aliphatic rings. The molecule has 1 saturated carbocycles. The number of aromatic nitrogens is 2. The maximum Gasteiger partial charge on any atom is 0.344 e. The van der Waals surface area contributed by atoms with Gasteiger partial charge >= 0.3 is 5.97 Å². The Kier molecular flexibility index (Phi) is 3.70. The quantitative estimate of drug-likeness (QED) is 0.758. The van der Waals surface area contributed by atoms with Gasteiger partial charge in [0.1, 0.15) is 5.75 Å². The number of H-pyrrole nitrogens is 1. The van der Waals surface area contributed by atoms with Crippen LogP contribution in [-0.2, 0) is 9.59 Å². The van der Waals surface area contributed by atoms with E-state index in [-0.39, 0.29) is 11.8 Å². The number of rotatable bonds is 6. The molecule has 3 rings (SSSR count). The smallest absolute Gasteiger partial charge is 0.344 e. The largest absolute Gasteiger partial charge is 0.479 e. The van der Waals surface area contributed by atoms with E-state index in [9.17, 15) is 9.59 Å². The van der Waals surface area contributed by atoms with Crippen molar-refractivity contribution in [1.82, 2.24) is 10.2 Å². The van der Waals surface area contributed by atoms with Crippen LogP contribution in [0.1, 0.15) is 26.2 Å². The lowest BCUT2D eigenvalue weighted by atomic mass is 10.2. The number of nitrogens with zero attached hydrogens (tertiary/aromatic N) is 1. The minimum atomic E-state index is -1.00. The molecule has 1 aliphatic carbocycles. The molecule has 1 amide bonds. The van der Waals surface area contributed by atoms with Crippen molar-refractivity contribution in [3.63, 3.8) is 0 Å². The Bertz CT molecular complexity index is 721. The first-order valence-corrected chi connectivity index (χ1v) is 7.27. The highest BCUT2D eigenvalue weighted by atomic mass is 16.5. The number of nitrogens with one attached hydrogen (secondary N) is 2. The van der Waals surface area contributed by atoms with Crippen LogP contribution in [0.4, 0.5) is 5.82 Å². The van der Waals surface area contributed by atoms with Crippen LogP contribution in [0, 0.1) is 5.92 Å². The molecule has 22 heavy (non-hydrogen) atoms. The van der Waals surface area contributed by atoms with E-state index < -0.39 is 12.1 Å². The lowest BCUT2D eigenvalue weighted by Crippen LogP contribution is -2.25. The molecule has 1 atom stereocenters. The lowest BCUT2D eigenvalue weighted by molar-refractivity contribution is -0.145. The van der Waals surface area contributed by atoms with Crippen LogP contribution in [0.3, 0.4) is 0 Å². The van der Waals surface area contributed by atoms with E-state index in [1.807, 2.05) is 0 Å². The molecule has 3 N–H and O–H groups in total. The minimum absolute atomic E-state index is 0.0308. The van der Waals surface area contributed by atoms with Crippen molar-refractivity contribution >= 4 is 28.6 Å². The summed E-state index contributed by atoms with van der Waals surface area (Å²) < 4.78 is 5.47. The van der Waals surface area contributed by atoms with Crippen molar-refractivity contribution in [1.29, 1.82) is 0 Å². The highest BCUT2D eigenvalue weighted by Crippen LogP contribution is 2.32. The number of carbonyl (C=O) groups is 2. The fourth-order valence-corrected chi connectivity index (χ4v) is 2.20. The van der Waals surface area contributed by atoms with E-state index >= 15 is 0 Å². The molecule has 0 spiro atoms. The Morgan fingerprint density at radius 2 is 2.27 bits per heavy atom. The average molecular weight is 303 g/mol. The van der Waals surface area contributed by atoms with Crippen molar-refractivity contribution in [3.8, 4) is 5.75 Å². The van der Waals surface area contributed by atoms with Crippen molar-refractivity contribution < 1.29 is 19.4 Å². The summed E-state index contributed by atoms with van der Waals surface area (Å²) in [7, 11) is 0. The standard InChI is InChI=1S/C15H17N3O4/c1-2-12(15(20)21)22-9-5-6-11-10(7-9)13(18-17-11)16-14(19)8-3-4-8/h5-8,12H,2-4H2,1H3,(H,20,21)(H2,16,17,18,19). The van der Waals surface area contributed by atoms with Gasteiger partial charge in [-0.15, -0.1) is 0 Å². The summed E-state index contributed by atoms with van der Waals surface area (Å²) in [6.45, 7) is 1.75. The van der Waals surface area contributed by atoms with E-state index in [0.717, 1.165) is 18.4 Å². The molecule has 0 aliphatic heterocycles.